The highest BCUT2D eigenvalue weighted by Crippen LogP contribution is 2.35. The van der Waals surface area contributed by atoms with Gasteiger partial charge >= 0.3 is 0 Å². The van der Waals surface area contributed by atoms with Crippen LogP contribution in [0.5, 0.6) is 11.5 Å². The quantitative estimate of drug-likeness (QED) is 0.533. The molecule has 1 aliphatic heterocycles. The van der Waals surface area contributed by atoms with Gasteiger partial charge in [0.1, 0.15) is 11.5 Å². The lowest BCUT2D eigenvalue weighted by Gasteiger charge is -2.34. The van der Waals surface area contributed by atoms with Crippen molar-refractivity contribution in [3.05, 3.63) is 41.3 Å². The standard InChI is InChI=1S/C23H28N4O3S2/c1-23(2,3)17-14-16(29-4)7-8-18(17)30-15-20(28)26-9-11-27(12-10-26)22-25-24-21(32-22)19-6-5-13-31-19/h5-8,13-14H,9-12,15H2,1-4H3. The Labute approximate surface area is 196 Å². The lowest BCUT2D eigenvalue weighted by atomic mass is 9.86. The lowest BCUT2D eigenvalue weighted by Crippen LogP contribution is -2.50. The average molecular weight is 473 g/mol. The molecular formula is C23H28N4O3S2. The van der Waals surface area contributed by atoms with Crippen LogP contribution in [0.1, 0.15) is 26.3 Å². The zero-order valence-corrected chi connectivity index (χ0v) is 20.5. The Morgan fingerprint density at radius 3 is 2.56 bits per heavy atom. The Bertz CT molecular complexity index is 1050. The summed E-state index contributed by atoms with van der Waals surface area (Å²) in [6.07, 6.45) is 0. The number of ether oxygens (including phenoxy) is 2. The summed E-state index contributed by atoms with van der Waals surface area (Å²) in [5.74, 6) is 1.50. The van der Waals surface area contributed by atoms with Gasteiger partial charge in [-0.05, 0) is 35.1 Å². The van der Waals surface area contributed by atoms with Crippen LogP contribution in [0, 0.1) is 0 Å². The third kappa shape index (κ3) is 5.05. The van der Waals surface area contributed by atoms with Gasteiger partial charge in [0.15, 0.2) is 11.6 Å². The second-order valence-electron chi connectivity index (χ2n) is 8.64. The van der Waals surface area contributed by atoms with Crippen LogP contribution in [-0.4, -0.2) is 60.9 Å². The first-order valence-corrected chi connectivity index (χ1v) is 12.3. The summed E-state index contributed by atoms with van der Waals surface area (Å²) in [7, 11) is 1.65. The van der Waals surface area contributed by atoms with Gasteiger partial charge in [0, 0.05) is 31.7 Å². The number of rotatable bonds is 6. The van der Waals surface area contributed by atoms with Crippen LogP contribution >= 0.6 is 22.7 Å². The summed E-state index contributed by atoms with van der Waals surface area (Å²) >= 11 is 3.26. The number of piperazine rings is 1. The molecule has 4 rings (SSSR count). The van der Waals surface area contributed by atoms with Gasteiger partial charge in [-0.3, -0.25) is 4.79 Å². The summed E-state index contributed by atoms with van der Waals surface area (Å²) < 4.78 is 11.3. The minimum atomic E-state index is -0.123. The lowest BCUT2D eigenvalue weighted by molar-refractivity contribution is -0.133. The number of aromatic nitrogens is 2. The van der Waals surface area contributed by atoms with Crippen molar-refractivity contribution in [2.45, 2.75) is 26.2 Å². The van der Waals surface area contributed by atoms with Crippen LogP contribution < -0.4 is 14.4 Å². The smallest absolute Gasteiger partial charge is 0.260 e. The second-order valence-corrected chi connectivity index (χ2v) is 10.5. The van der Waals surface area contributed by atoms with E-state index in [-0.39, 0.29) is 17.9 Å². The highest BCUT2D eigenvalue weighted by atomic mass is 32.1. The fraction of sp³-hybridized carbons (Fsp3) is 0.435. The molecule has 7 nitrogen and oxygen atoms in total. The van der Waals surface area contributed by atoms with Gasteiger partial charge in [-0.25, -0.2) is 0 Å². The van der Waals surface area contributed by atoms with E-state index in [0.29, 0.717) is 13.1 Å². The molecule has 1 amide bonds. The van der Waals surface area contributed by atoms with Crippen molar-refractivity contribution in [3.63, 3.8) is 0 Å². The minimum Gasteiger partial charge on any atom is -0.497 e. The Morgan fingerprint density at radius 2 is 1.91 bits per heavy atom. The maximum Gasteiger partial charge on any atom is 0.260 e. The van der Waals surface area contributed by atoms with E-state index in [9.17, 15) is 4.79 Å². The van der Waals surface area contributed by atoms with E-state index >= 15 is 0 Å². The molecule has 0 saturated carbocycles. The number of thiophene rings is 1. The van der Waals surface area contributed by atoms with Crippen molar-refractivity contribution in [1.29, 1.82) is 0 Å². The second kappa shape index (κ2) is 9.46. The Balaban J connectivity index is 1.33. The van der Waals surface area contributed by atoms with E-state index in [1.165, 1.54) is 0 Å². The van der Waals surface area contributed by atoms with Crippen molar-refractivity contribution in [2.24, 2.45) is 0 Å². The number of carbonyl (C=O) groups excluding carboxylic acids is 1. The third-order valence-electron chi connectivity index (χ3n) is 5.40. The van der Waals surface area contributed by atoms with Crippen LogP contribution in [0.4, 0.5) is 5.13 Å². The van der Waals surface area contributed by atoms with Crippen molar-refractivity contribution in [1.82, 2.24) is 15.1 Å². The number of benzene rings is 1. The van der Waals surface area contributed by atoms with Crippen LogP contribution in [0.2, 0.25) is 0 Å². The minimum absolute atomic E-state index is 0.00290. The zero-order valence-electron chi connectivity index (χ0n) is 18.8. The van der Waals surface area contributed by atoms with Crippen LogP contribution in [0.25, 0.3) is 9.88 Å². The molecule has 0 atom stereocenters. The number of amides is 1. The summed E-state index contributed by atoms with van der Waals surface area (Å²) in [4.78, 5) is 18.0. The van der Waals surface area contributed by atoms with Gasteiger partial charge in [0.05, 0.1) is 12.0 Å². The molecule has 32 heavy (non-hydrogen) atoms. The molecule has 1 aromatic carbocycles. The summed E-state index contributed by atoms with van der Waals surface area (Å²) in [5, 5.41) is 12.6. The van der Waals surface area contributed by atoms with Crippen LogP contribution in [0.3, 0.4) is 0 Å². The first-order chi connectivity index (χ1) is 15.3. The van der Waals surface area contributed by atoms with Crippen molar-refractivity contribution < 1.29 is 14.3 Å². The normalized spacial score (nSPS) is 14.5. The predicted molar refractivity (Wildman–Crippen MR) is 129 cm³/mol. The van der Waals surface area contributed by atoms with Crippen LogP contribution in [0.15, 0.2) is 35.7 Å². The largest absolute Gasteiger partial charge is 0.497 e. The molecule has 170 valence electrons. The number of nitrogens with zero attached hydrogens (tertiary/aromatic N) is 4. The Morgan fingerprint density at radius 1 is 1.12 bits per heavy atom. The van der Waals surface area contributed by atoms with E-state index in [2.05, 4.69) is 41.9 Å². The van der Waals surface area contributed by atoms with E-state index in [0.717, 1.165) is 45.2 Å². The molecule has 0 unspecified atom stereocenters. The highest BCUT2D eigenvalue weighted by Gasteiger charge is 2.25. The fourth-order valence-corrected chi connectivity index (χ4v) is 5.26. The van der Waals surface area contributed by atoms with Gasteiger partial charge in [-0.15, -0.1) is 21.5 Å². The van der Waals surface area contributed by atoms with Crippen molar-refractivity contribution >= 4 is 33.7 Å². The molecule has 3 aromatic rings. The van der Waals surface area contributed by atoms with E-state index < -0.39 is 0 Å². The number of carbonyl (C=O) groups is 1. The molecule has 0 radical (unpaired) electrons. The van der Waals surface area contributed by atoms with Gasteiger partial charge < -0.3 is 19.3 Å². The molecule has 1 saturated heterocycles. The maximum absolute atomic E-state index is 12.8. The molecular weight excluding hydrogens is 444 g/mol. The predicted octanol–water partition coefficient (Wildman–Crippen LogP) is 4.30. The average Bonchev–Trinajstić information content (AvgIpc) is 3.49. The first kappa shape index (κ1) is 22.5. The Kier molecular flexibility index (Phi) is 6.66. The summed E-state index contributed by atoms with van der Waals surface area (Å²) in [5.41, 5.74) is 0.898. The van der Waals surface area contributed by atoms with E-state index in [4.69, 9.17) is 9.47 Å². The number of methoxy groups -OCH3 is 1. The molecule has 0 bridgehead atoms. The SMILES string of the molecule is COc1ccc(OCC(=O)N2CCN(c3nnc(-c4cccs4)s3)CC2)c(C(C)(C)C)c1. The molecule has 1 aliphatic rings. The first-order valence-electron chi connectivity index (χ1n) is 10.6. The number of hydrogen-bond acceptors (Lipinski definition) is 8. The molecule has 9 heteroatoms. The number of anilines is 1. The third-order valence-corrected chi connectivity index (χ3v) is 7.42. The zero-order chi connectivity index (χ0) is 22.7. The molecule has 3 heterocycles. The fourth-order valence-electron chi connectivity index (χ4n) is 3.57. The molecule has 1 fully saturated rings. The molecule has 0 N–H and O–H groups in total. The monoisotopic (exact) mass is 472 g/mol. The van der Waals surface area contributed by atoms with Crippen molar-refractivity contribution in [2.75, 3.05) is 44.8 Å². The number of hydrogen-bond donors (Lipinski definition) is 0. The summed E-state index contributed by atoms with van der Waals surface area (Å²) in [6, 6.07) is 9.79. The van der Waals surface area contributed by atoms with E-state index in [1.807, 2.05) is 34.5 Å². The van der Waals surface area contributed by atoms with Gasteiger partial charge in [0.2, 0.25) is 5.13 Å². The molecule has 2 aromatic heterocycles. The molecule has 0 spiro atoms. The Hall–Kier alpha value is -2.65. The van der Waals surface area contributed by atoms with E-state index in [1.54, 1.807) is 29.8 Å². The highest BCUT2D eigenvalue weighted by molar-refractivity contribution is 7.22. The van der Waals surface area contributed by atoms with Crippen molar-refractivity contribution in [3.8, 4) is 21.4 Å². The molecule has 0 aliphatic carbocycles. The van der Waals surface area contributed by atoms with Gasteiger partial charge in [-0.1, -0.05) is 38.2 Å². The van der Waals surface area contributed by atoms with Gasteiger partial charge in [-0.2, -0.15) is 0 Å². The van der Waals surface area contributed by atoms with Gasteiger partial charge in [0.25, 0.3) is 5.91 Å². The van der Waals surface area contributed by atoms with Crippen LogP contribution in [-0.2, 0) is 10.2 Å². The topological polar surface area (TPSA) is 67.8 Å². The maximum atomic E-state index is 12.8. The summed E-state index contributed by atoms with van der Waals surface area (Å²) in [6.45, 7) is 9.14.